The van der Waals surface area contributed by atoms with E-state index in [1.54, 1.807) is 38.1 Å². The number of hydrogen-bond donors (Lipinski definition) is 0. The third-order valence-electron chi connectivity index (χ3n) is 4.90. The third-order valence-corrected chi connectivity index (χ3v) is 4.90. The molecule has 0 N–H and O–H groups in total. The van der Waals surface area contributed by atoms with E-state index in [4.69, 9.17) is 14.2 Å². The molecule has 2 rings (SSSR count). The summed E-state index contributed by atoms with van der Waals surface area (Å²) >= 11 is 0. The smallest absolute Gasteiger partial charge is 0.338 e. The molecule has 0 radical (unpaired) electrons. The molecule has 0 aliphatic heterocycles. The van der Waals surface area contributed by atoms with Crippen LogP contribution in [0.1, 0.15) is 49.2 Å². The summed E-state index contributed by atoms with van der Waals surface area (Å²) in [6.45, 7) is 14.1. The van der Waals surface area contributed by atoms with E-state index >= 15 is 0 Å². The van der Waals surface area contributed by atoms with Gasteiger partial charge in [0.1, 0.15) is 19.0 Å². The van der Waals surface area contributed by atoms with Gasteiger partial charge in [0.2, 0.25) is 0 Å². The summed E-state index contributed by atoms with van der Waals surface area (Å²) in [6, 6.07) is 14.3. The van der Waals surface area contributed by atoms with Crippen molar-refractivity contribution >= 4 is 29.1 Å². The van der Waals surface area contributed by atoms with E-state index in [1.807, 2.05) is 50.3 Å². The number of benzene rings is 2. The summed E-state index contributed by atoms with van der Waals surface area (Å²) in [7, 11) is 0. The first-order valence-corrected chi connectivity index (χ1v) is 11.0. The van der Waals surface area contributed by atoms with Crippen LogP contribution in [0.15, 0.2) is 85.0 Å². The summed E-state index contributed by atoms with van der Waals surface area (Å²) < 4.78 is 15.3. The predicted molar refractivity (Wildman–Crippen MR) is 137 cm³/mol. The van der Waals surface area contributed by atoms with Gasteiger partial charge in [0.05, 0.1) is 5.56 Å². The van der Waals surface area contributed by atoms with Crippen LogP contribution in [-0.4, -0.2) is 31.1 Å². The molecule has 0 bridgehead atoms. The monoisotopic (exact) mass is 474 g/mol. The van der Waals surface area contributed by atoms with Gasteiger partial charge in [0, 0.05) is 11.1 Å². The van der Waals surface area contributed by atoms with Crippen molar-refractivity contribution in [1.29, 1.82) is 0 Å². The highest BCUT2D eigenvalue weighted by atomic mass is 16.6. The lowest BCUT2D eigenvalue weighted by Crippen LogP contribution is -2.14. The Kier molecular flexibility index (Phi) is 9.97. The van der Waals surface area contributed by atoms with Crippen LogP contribution < -0.4 is 4.74 Å². The summed E-state index contributed by atoms with van der Waals surface area (Å²) in [6.07, 6.45) is 4.02. The van der Waals surface area contributed by atoms with Gasteiger partial charge in [0.25, 0.3) is 0 Å². The summed E-state index contributed by atoms with van der Waals surface area (Å²) in [5.41, 5.74) is 4.94. The second kappa shape index (κ2) is 12.9. The Labute approximate surface area is 206 Å². The normalized spacial score (nSPS) is 11.4. The molecule has 0 amide bonds. The summed E-state index contributed by atoms with van der Waals surface area (Å²) in [5.74, 6) is -1.02. The molecule has 0 aliphatic rings. The van der Waals surface area contributed by atoms with Gasteiger partial charge in [-0.25, -0.2) is 14.4 Å². The first-order valence-electron chi connectivity index (χ1n) is 11.0. The molecule has 0 heterocycles. The van der Waals surface area contributed by atoms with Crippen LogP contribution >= 0.6 is 0 Å². The minimum absolute atomic E-state index is 0.0282. The number of ether oxygens (including phenoxy) is 3. The molecule has 6 nitrogen and oxygen atoms in total. The number of rotatable bonds is 10. The lowest BCUT2D eigenvalue weighted by Gasteiger charge is -2.09. The van der Waals surface area contributed by atoms with Crippen LogP contribution in [0.5, 0.6) is 5.75 Å². The van der Waals surface area contributed by atoms with E-state index in [0.29, 0.717) is 16.9 Å². The van der Waals surface area contributed by atoms with Crippen molar-refractivity contribution < 1.29 is 28.6 Å². The van der Waals surface area contributed by atoms with Gasteiger partial charge in [0.15, 0.2) is 0 Å². The number of carbonyl (C=O) groups is 3. The molecular formula is C29H30O6. The number of esters is 3. The van der Waals surface area contributed by atoms with Crippen molar-refractivity contribution in [3.05, 3.63) is 102 Å². The second-order valence-electron chi connectivity index (χ2n) is 7.90. The zero-order valence-corrected chi connectivity index (χ0v) is 20.6. The molecule has 0 unspecified atom stereocenters. The zero-order chi connectivity index (χ0) is 26.0. The van der Waals surface area contributed by atoms with E-state index in [0.717, 1.165) is 22.3 Å². The van der Waals surface area contributed by atoms with E-state index in [-0.39, 0.29) is 18.8 Å². The number of allylic oxidation sites excluding steroid dienone is 4. The van der Waals surface area contributed by atoms with Crippen molar-refractivity contribution in [3.63, 3.8) is 0 Å². The molecule has 0 aromatic heterocycles. The standard InChI is InChI=1S/C29H30O6/c1-7-22(18-21(6)23-12-14-26(15-13-23)35-28(31)20(4)5)24-8-10-25(11-9-24)29(32)34-17-16-33-27(30)19(2)3/h7-15,18H,2,4,16-17H2,1,3,5-6H3/b21-18+,22-7+. The van der Waals surface area contributed by atoms with Gasteiger partial charge in [-0.1, -0.05) is 49.6 Å². The van der Waals surface area contributed by atoms with Crippen LogP contribution in [0.3, 0.4) is 0 Å². The Morgan fingerprint density at radius 3 is 1.80 bits per heavy atom. The largest absolute Gasteiger partial charge is 0.459 e. The first-order chi connectivity index (χ1) is 16.6. The van der Waals surface area contributed by atoms with E-state index in [1.165, 1.54) is 0 Å². The van der Waals surface area contributed by atoms with Crippen molar-refractivity contribution in [2.24, 2.45) is 0 Å². The van der Waals surface area contributed by atoms with Crippen molar-refractivity contribution in [3.8, 4) is 5.75 Å². The van der Waals surface area contributed by atoms with Gasteiger partial charge < -0.3 is 14.2 Å². The maximum atomic E-state index is 12.2. The van der Waals surface area contributed by atoms with Gasteiger partial charge in [-0.2, -0.15) is 0 Å². The molecule has 2 aromatic rings. The Bertz CT molecular complexity index is 1160. The van der Waals surface area contributed by atoms with Gasteiger partial charge in [-0.15, -0.1) is 0 Å². The molecule has 182 valence electrons. The topological polar surface area (TPSA) is 78.9 Å². The molecule has 0 fully saturated rings. The second-order valence-corrected chi connectivity index (χ2v) is 7.90. The SMILES string of the molecule is C=C(C)C(=O)OCCOC(=O)c1ccc(C(/C=C(\C)c2ccc(OC(=O)C(=C)C)cc2)=C/C)cc1. The maximum Gasteiger partial charge on any atom is 0.338 e. The Morgan fingerprint density at radius 2 is 1.26 bits per heavy atom. The summed E-state index contributed by atoms with van der Waals surface area (Å²) in [4.78, 5) is 35.2. The highest BCUT2D eigenvalue weighted by Crippen LogP contribution is 2.24. The summed E-state index contributed by atoms with van der Waals surface area (Å²) in [5, 5.41) is 0. The van der Waals surface area contributed by atoms with Crippen molar-refractivity contribution in [2.75, 3.05) is 13.2 Å². The van der Waals surface area contributed by atoms with E-state index < -0.39 is 17.9 Å². The average molecular weight is 475 g/mol. The Morgan fingerprint density at radius 1 is 0.743 bits per heavy atom. The van der Waals surface area contributed by atoms with Crippen LogP contribution in [0.25, 0.3) is 11.1 Å². The van der Waals surface area contributed by atoms with Crippen LogP contribution in [0.2, 0.25) is 0 Å². The quantitative estimate of drug-likeness (QED) is 0.139. The minimum atomic E-state index is -0.519. The average Bonchev–Trinajstić information content (AvgIpc) is 2.85. The lowest BCUT2D eigenvalue weighted by molar-refractivity contribution is -0.140. The fourth-order valence-electron chi connectivity index (χ4n) is 2.90. The highest BCUT2D eigenvalue weighted by molar-refractivity contribution is 5.91. The Hall–Kier alpha value is -4.19. The van der Waals surface area contributed by atoms with E-state index in [9.17, 15) is 14.4 Å². The molecule has 2 aromatic carbocycles. The zero-order valence-electron chi connectivity index (χ0n) is 20.6. The molecule has 0 spiro atoms. The molecule has 0 saturated carbocycles. The van der Waals surface area contributed by atoms with Gasteiger partial charge >= 0.3 is 17.9 Å². The first kappa shape index (κ1) is 27.1. The molecule has 0 aliphatic carbocycles. The third kappa shape index (κ3) is 8.27. The molecule has 6 heteroatoms. The van der Waals surface area contributed by atoms with Gasteiger partial charge in [-0.3, -0.25) is 0 Å². The number of hydrogen-bond acceptors (Lipinski definition) is 6. The highest BCUT2D eigenvalue weighted by Gasteiger charge is 2.10. The predicted octanol–water partition coefficient (Wildman–Crippen LogP) is 5.95. The van der Waals surface area contributed by atoms with Crippen LogP contribution in [0.4, 0.5) is 0 Å². The lowest BCUT2D eigenvalue weighted by atomic mass is 9.99. The minimum Gasteiger partial charge on any atom is -0.459 e. The maximum absolute atomic E-state index is 12.2. The van der Waals surface area contributed by atoms with Gasteiger partial charge in [-0.05, 0) is 74.2 Å². The van der Waals surface area contributed by atoms with Crippen molar-refractivity contribution in [2.45, 2.75) is 27.7 Å². The Balaban J connectivity index is 2.01. The molecule has 0 saturated heterocycles. The molecular weight excluding hydrogens is 444 g/mol. The molecule has 35 heavy (non-hydrogen) atoms. The van der Waals surface area contributed by atoms with Crippen LogP contribution in [-0.2, 0) is 19.1 Å². The van der Waals surface area contributed by atoms with Crippen LogP contribution in [0, 0.1) is 0 Å². The fraction of sp³-hybridized carbons (Fsp3) is 0.207. The fourth-order valence-corrected chi connectivity index (χ4v) is 2.90. The van der Waals surface area contributed by atoms with E-state index in [2.05, 4.69) is 13.2 Å². The van der Waals surface area contributed by atoms with Crippen molar-refractivity contribution in [1.82, 2.24) is 0 Å². The molecule has 0 atom stereocenters. The number of carbonyl (C=O) groups excluding carboxylic acids is 3.